The van der Waals surface area contributed by atoms with Gasteiger partial charge in [-0.25, -0.2) is 0 Å². The number of rotatable bonds is 25. The topological polar surface area (TPSA) is 0 Å². The Kier molecular flexibility index (Phi) is 29.5. The van der Waals surface area contributed by atoms with Crippen LogP contribution in [0.15, 0.2) is 0 Å². The number of unbranched alkanes of at least 4 members (excludes halogenated alkanes) is 17. The largest absolute Gasteiger partial charge is 1.00 e. The molecule has 0 aromatic carbocycles. The minimum absolute atomic E-state index is 0. The van der Waals surface area contributed by atoms with Crippen LogP contribution in [0, 0.1) is 0 Å². The van der Waals surface area contributed by atoms with Crippen molar-refractivity contribution in [3.8, 4) is 0 Å². The van der Waals surface area contributed by atoms with Crippen molar-refractivity contribution >= 4 is 7.26 Å². The molecule has 0 aliphatic carbocycles. The zero-order chi connectivity index (χ0) is 22.2. The molecule has 0 aliphatic heterocycles. The Bertz CT molecular complexity index is 287. The van der Waals surface area contributed by atoms with E-state index < -0.39 is 7.26 Å². The predicted molar refractivity (Wildman–Crippen MR) is 146 cm³/mol. The molecule has 0 radical (unpaired) electrons. The van der Waals surface area contributed by atoms with Gasteiger partial charge in [-0.2, -0.15) is 0 Å². The van der Waals surface area contributed by atoms with Gasteiger partial charge in [0.15, 0.2) is 0 Å². The van der Waals surface area contributed by atoms with Crippen molar-refractivity contribution in [1.29, 1.82) is 0 Å². The van der Waals surface area contributed by atoms with Crippen LogP contribution in [0.1, 0.15) is 163 Å². The highest BCUT2D eigenvalue weighted by Gasteiger charge is 2.34. The maximum atomic E-state index is 2.36. The van der Waals surface area contributed by atoms with Crippen LogP contribution in [-0.2, 0) is 0 Å². The van der Waals surface area contributed by atoms with E-state index >= 15 is 0 Å². The fourth-order valence-electron chi connectivity index (χ4n) is 5.05. The van der Waals surface area contributed by atoms with Crippen LogP contribution in [0.5, 0.6) is 0 Å². The summed E-state index contributed by atoms with van der Waals surface area (Å²) >= 11 is 0. The van der Waals surface area contributed by atoms with E-state index in [-0.39, 0.29) is 12.4 Å². The van der Waals surface area contributed by atoms with Crippen molar-refractivity contribution in [2.24, 2.45) is 0 Å². The molecule has 0 aliphatic rings. The van der Waals surface area contributed by atoms with Crippen LogP contribution < -0.4 is 12.4 Å². The van der Waals surface area contributed by atoms with Gasteiger partial charge < -0.3 is 12.4 Å². The molecule has 2 heteroatoms. The van der Waals surface area contributed by atoms with Gasteiger partial charge in [-0.3, -0.25) is 0 Å². The molecular weight excluding hydrogens is 415 g/mol. The van der Waals surface area contributed by atoms with E-state index in [2.05, 4.69) is 27.7 Å². The molecule has 0 saturated heterocycles. The van der Waals surface area contributed by atoms with Crippen molar-refractivity contribution in [1.82, 2.24) is 0 Å². The van der Waals surface area contributed by atoms with Crippen LogP contribution in [0.3, 0.4) is 0 Å². The Morgan fingerprint density at radius 3 is 0.742 bits per heavy atom. The Balaban J connectivity index is 0. The number of halogens is 1. The fourth-order valence-corrected chi connectivity index (χ4v) is 9.97. The first-order valence-electron chi connectivity index (χ1n) is 14.6. The second-order valence-corrected chi connectivity index (χ2v) is 14.7. The van der Waals surface area contributed by atoms with Gasteiger partial charge in [-0.15, -0.1) is 0 Å². The van der Waals surface area contributed by atoms with Crippen molar-refractivity contribution < 1.29 is 12.4 Å². The summed E-state index contributed by atoms with van der Waals surface area (Å²) in [4.78, 5) is 0. The Morgan fingerprint density at radius 1 is 0.290 bits per heavy atom. The quantitative estimate of drug-likeness (QED) is 0.0917. The molecule has 0 nitrogen and oxygen atoms in total. The van der Waals surface area contributed by atoms with E-state index in [9.17, 15) is 0 Å². The van der Waals surface area contributed by atoms with E-state index in [1.54, 1.807) is 50.3 Å². The second kappa shape index (κ2) is 27.0. The van der Waals surface area contributed by atoms with Gasteiger partial charge in [0.05, 0.1) is 24.6 Å². The highest BCUT2D eigenvalue weighted by atomic mass is 35.5. The SMILES string of the molecule is CCCCCCCCCCC[P+](CCCCCC)(CCCCCC)CCCCCC.[Cl-]. The third-order valence-corrected chi connectivity index (χ3v) is 12.3. The summed E-state index contributed by atoms with van der Waals surface area (Å²) in [6, 6.07) is 0. The van der Waals surface area contributed by atoms with Gasteiger partial charge in [0.25, 0.3) is 0 Å². The van der Waals surface area contributed by atoms with Gasteiger partial charge in [0, 0.05) is 7.26 Å². The third kappa shape index (κ3) is 22.3. The molecule has 0 saturated carbocycles. The van der Waals surface area contributed by atoms with E-state index in [4.69, 9.17) is 0 Å². The van der Waals surface area contributed by atoms with E-state index in [0.717, 1.165) is 0 Å². The zero-order valence-electron chi connectivity index (χ0n) is 22.5. The molecule has 190 valence electrons. The average Bonchev–Trinajstić information content (AvgIpc) is 2.76. The second-order valence-electron chi connectivity index (χ2n) is 10.2. The maximum Gasteiger partial charge on any atom is 0.0594 e. The van der Waals surface area contributed by atoms with Crippen LogP contribution >= 0.6 is 7.26 Å². The third-order valence-electron chi connectivity index (χ3n) is 7.19. The summed E-state index contributed by atoms with van der Waals surface area (Å²) in [5, 5.41) is 0. The first-order valence-corrected chi connectivity index (χ1v) is 17.1. The number of hydrogen-bond donors (Lipinski definition) is 0. The lowest BCUT2D eigenvalue weighted by molar-refractivity contribution is -0.00000689. The molecule has 31 heavy (non-hydrogen) atoms. The normalized spacial score (nSPS) is 11.6. The summed E-state index contributed by atoms with van der Waals surface area (Å²) < 4.78 is 0. The average molecular weight is 477 g/mol. The van der Waals surface area contributed by atoms with Crippen molar-refractivity contribution in [2.45, 2.75) is 163 Å². The minimum Gasteiger partial charge on any atom is -1.00 e. The lowest BCUT2D eigenvalue weighted by atomic mass is 10.1. The summed E-state index contributed by atoms with van der Waals surface area (Å²) in [6.45, 7) is 9.41. The molecule has 0 amide bonds. The molecule has 0 heterocycles. The summed E-state index contributed by atoms with van der Waals surface area (Å²) in [6.07, 6.45) is 37.6. The minimum atomic E-state index is -0.687. The standard InChI is InChI=1S/C29H62P.ClH/c1-5-9-13-17-18-19-20-21-25-29-30(26-22-14-10-6-2,27-23-15-11-7-3)28-24-16-12-8-4;/h5-29H2,1-4H3;1H/q+1;/p-1. The molecule has 0 N–H and O–H groups in total. The van der Waals surface area contributed by atoms with Gasteiger partial charge in [0.1, 0.15) is 0 Å². The van der Waals surface area contributed by atoms with Crippen LogP contribution in [0.4, 0.5) is 0 Å². The van der Waals surface area contributed by atoms with Gasteiger partial charge in [-0.1, -0.05) is 111 Å². The molecular formula is C29H62ClP. The van der Waals surface area contributed by atoms with Crippen LogP contribution in [-0.4, -0.2) is 24.6 Å². The Labute approximate surface area is 206 Å². The zero-order valence-corrected chi connectivity index (χ0v) is 24.2. The van der Waals surface area contributed by atoms with E-state index in [1.807, 2.05) is 0 Å². The highest BCUT2D eigenvalue weighted by Crippen LogP contribution is 2.61. The van der Waals surface area contributed by atoms with Crippen molar-refractivity contribution in [3.63, 3.8) is 0 Å². The van der Waals surface area contributed by atoms with Gasteiger partial charge >= 0.3 is 0 Å². The highest BCUT2D eigenvalue weighted by molar-refractivity contribution is 7.75. The molecule has 0 bridgehead atoms. The summed E-state index contributed by atoms with van der Waals surface area (Å²) in [7, 11) is -0.687. The molecule has 0 aromatic heterocycles. The van der Waals surface area contributed by atoms with Crippen LogP contribution in [0.2, 0.25) is 0 Å². The first kappa shape index (κ1) is 33.9. The molecule has 0 unspecified atom stereocenters. The maximum absolute atomic E-state index is 2.36. The Morgan fingerprint density at radius 2 is 0.484 bits per heavy atom. The van der Waals surface area contributed by atoms with Gasteiger partial charge in [0.2, 0.25) is 0 Å². The number of hydrogen-bond acceptors (Lipinski definition) is 0. The molecule has 0 rings (SSSR count). The monoisotopic (exact) mass is 476 g/mol. The molecule has 0 fully saturated rings. The van der Waals surface area contributed by atoms with Crippen LogP contribution in [0.25, 0.3) is 0 Å². The lowest BCUT2D eigenvalue weighted by Crippen LogP contribution is -3.00. The summed E-state index contributed by atoms with van der Waals surface area (Å²) in [5.74, 6) is 0. The summed E-state index contributed by atoms with van der Waals surface area (Å²) in [5.41, 5.74) is 0. The lowest BCUT2D eigenvalue weighted by Gasteiger charge is -2.28. The first-order chi connectivity index (χ1) is 14.7. The van der Waals surface area contributed by atoms with E-state index in [1.165, 1.54) is 109 Å². The molecule has 0 atom stereocenters. The van der Waals surface area contributed by atoms with Gasteiger partial charge in [-0.05, 0) is 51.4 Å². The van der Waals surface area contributed by atoms with E-state index in [0.29, 0.717) is 0 Å². The predicted octanol–water partition coefficient (Wildman–Crippen LogP) is 8.28. The fraction of sp³-hybridized carbons (Fsp3) is 1.00. The smallest absolute Gasteiger partial charge is 0.0594 e. The Hall–Kier alpha value is 0.720. The van der Waals surface area contributed by atoms with Crippen molar-refractivity contribution in [3.05, 3.63) is 0 Å². The molecule has 0 spiro atoms. The molecule has 0 aromatic rings. The van der Waals surface area contributed by atoms with Crippen molar-refractivity contribution in [2.75, 3.05) is 24.6 Å².